The second-order valence-corrected chi connectivity index (χ2v) is 29.4. The van der Waals surface area contributed by atoms with Gasteiger partial charge in [0, 0.05) is 82.2 Å². The predicted octanol–water partition coefficient (Wildman–Crippen LogP) is 25.4. The molecular formula is C104H64N12. The average Bonchev–Trinajstić information content (AvgIpc) is 1.55. The molecular weight excluding hydrogens is 1420 g/mol. The molecule has 540 valence electrons. The van der Waals surface area contributed by atoms with E-state index in [9.17, 15) is 0 Å². The molecule has 0 saturated carbocycles. The minimum atomic E-state index is 0.570. The van der Waals surface area contributed by atoms with E-state index >= 15 is 0 Å². The molecule has 0 N–H and O–H groups in total. The zero-order valence-corrected chi connectivity index (χ0v) is 62.3. The van der Waals surface area contributed by atoms with Gasteiger partial charge in [-0.05, 0) is 123 Å². The predicted molar refractivity (Wildman–Crippen MR) is 473 cm³/mol. The summed E-state index contributed by atoms with van der Waals surface area (Å²) in [5.74, 6) is 4.32. The fraction of sp³-hybridized carbons (Fsp3) is 0. The molecule has 0 spiro atoms. The van der Waals surface area contributed by atoms with Crippen molar-refractivity contribution in [2.45, 2.75) is 0 Å². The number of hydrogen-bond acceptors (Lipinski definition) is 8. The van der Waals surface area contributed by atoms with Crippen LogP contribution in [-0.4, -0.2) is 58.1 Å². The number of fused-ring (bicyclic) bond motifs is 6. The van der Waals surface area contributed by atoms with Gasteiger partial charge in [-0.1, -0.05) is 309 Å². The summed E-state index contributed by atoms with van der Waals surface area (Å²) in [5, 5.41) is 14.4. The molecule has 17 aromatic carbocycles. The highest BCUT2D eigenvalue weighted by Crippen LogP contribution is 2.47. The van der Waals surface area contributed by atoms with Crippen molar-refractivity contribution in [3.8, 4) is 114 Å². The molecule has 0 aliphatic carbocycles. The Morgan fingerprint density at radius 2 is 0.474 bits per heavy atom. The van der Waals surface area contributed by atoms with Crippen molar-refractivity contribution in [1.82, 2.24) is 58.1 Å². The van der Waals surface area contributed by atoms with Crippen molar-refractivity contribution in [2.24, 2.45) is 0 Å². The van der Waals surface area contributed by atoms with Crippen molar-refractivity contribution in [2.75, 3.05) is 0 Å². The van der Waals surface area contributed by atoms with Crippen LogP contribution < -0.4 is 0 Å². The molecule has 12 nitrogen and oxygen atoms in total. The first-order chi connectivity index (χ1) is 57.5. The standard InChI is InChI=1S/C57H35N7.C47H29N5/c1-5-16-36(17-6-1)46-35-47(37-18-7-2-8-19-37)59-56(58-46)64-50-27-15-24-38-28-30-44-42(31-33-51(64)53(44)52(38)50)41-29-32-49-45(34-41)43-25-13-14-26-48(43)63(49)57-61-54(39-20-9-3-10-21-39)60-55(62-57)40-22-11-4-12-23-40;1-4-13-31(14-5-1)45-48-46(32-15-6-2-7-16-32)50-47(49-45)52-39-21-11-10-20-36(39)38-29-33(24-27-40(38)52)35-26-28-42-44-37(35)25-23-30-17-12-22-41(43(30)44)51(42)34-18-8-3-9-19-34/h1-35H;1-29H. The minimum Gasteiger partial charge on any atom is -0.309 e. The Bertz CT molecular complexity index is 7750. The van der Waals surface area contributed by atoms with Gasteiger partial charge in [-0.25, -0.2) is 19.9 Å². The Morgan fingerprint density at radius 1 is 0.164 bits per heavy atom. The molecule has 24 rings (SSSR count). The Morgan fingerprint density at radius 3 is 0.888 bits per heavy atom. The summed E-state index contributed by atoms with van der Waals surface area (Å²) in [7, 11) is 0. The minimum absolute atomic E-state index is 0.570. The highest BCUT2D eigenvalue weighted by atomic mass is 15.2. The fourth-order valence-electron chi connectivity index (χ4n) is 17.5. The van der Waals surface area contributed by atoms with Crippen LogP contribution in [0.4, 0.5) is 0 Å². The van der Waals surface area contributed by atoms with Crippen molar-refractivity contribution < 1.29 is 0 Å². The molecule has 0 saturated heterocycles. The number of nitrogens with zero attached hydrogens (tertiary/aromatic N) is 12. The summed E-state index contributed by atoms with van der Waals surface area (Å²) in [6.07, 6.45) is 0. The highest BCUT2D eigenvalue weighted by molar-refractivity contribution is 6.28. The molecule has 24 aromatic rings. The van der Waals surface area contributed by atoms with Crippen molar-refractivity contribution in [3.63, 3.8) is 0 Å². The third-order valence-corrected chi connectivity index (χ3v) is 22.7. The first kappa shape index (κ1) is 65.9. The maximum Gasteiger partial charge on any atom is 0.238 e. The van der Waals surface area contributed by atoms with E-state index in [0.717, 1.165) is 111 Å². The summed E-state index contributed by atoms with van der Waals surface area (Å²) in [4.78, 5) is 41.0. The van der Waals surface area contributed by atoms with Gasteiger partial charge in [0.15, 0.2) is 23.3 Å². The zero-order chi connectivity index (χ0) is 76.3. The lowest BCUT2D eigenvalue weighted by Crippen LogP contribution is -2.06. The lowest BCUT2D eigenvalue weighted by molar-refractivity contribution is 0.953. The second-order valence-electron chi connectivity index (χ2n) is 29.4. The summed E-state index contributed by atoms with van der Waals surface area (Å²) in [6.45, 7) is 0. The van der Waals surface area contributed by atoms with E-state index in [4.69, 9.17) is 39.9 Å². The molecule has 0 bridgehead atoms. The van der Waals surface area contributed by atoms with Gasteiger partial charge >= 0.3 is 0 Å². The van der Waals surface area contributed by atoms with E-state index < -0.39 is 0 Å². The Kier molecular flexibility index (Phi) is 15.3. The molecule has 116 heavy (non-hydrogen) atoms. The van der Waals surface area contributed by atoms with Gasteiger partial charge in [0.05, 0.1) is 55.5 Å². The van der Waals surface area contributed by atoms with Crippen molar-refractivity contribution in [1.29, 1.82) is 0 Å². The first-order valence-electron chi connectivity index (χ1n) is 39.0. The van der Waals surface area contributed by atoms with Crippen LogP contribution in [0.1, 0.15) is 0 Å². The van der Waals surface area contributed by atoms with Gasteiger partial charge in [-0.15, -0.1) is 0 Å². The van der Waals surface area contributed by atoms with E-state index in [1.165, 1.54) is 70.9 Å². The van der Waals surface area contributed by atoms with Gasteiger partial charge in [0.25, 0.3) is 0 Å². The van der Waals surface area contributed by atoms with Crippen LogP contribution in [0.3, 0.4) is 0 Å². The fourth-order valence-corrected chi connectivity index (χ4v) is 17.5. The molecule has 0 atom stereocenters. The largest absolute Gasteiger partial charge is 0.309 e. The summed E-state index contributed by atoms with van der Waals surface area (Å²) >= 11 is 0. The molecule has 0 fully saturated rings. The summed E-state index contributed by atoms with van der Waals surface area (Å²) in [6, 6.07) is 136. The van der Waals surface area contributed by atoms with Crippen LogP contribution in [0.2, 0.25) is 0 Å². The third kappa shape index (κ3) is 10.8. The smallest absolute Gasteiger partial charge is 0.238 e. The van der Waals surface area contributed by atoms with Gasteiger partial charge in [-0.2, -0.15) is 19.9 Å². The van der Waals surface area contributed by atoms with Crippen molar-refractivity contribution in [3.05, 3.63) is 388 Å². The lowest BCUT2D eigenvalue weighted by atomic mass is 9.94. The Labute approximate surface area is 664 Å². The van der Waals surface area contributed by atoms with Gasteiger partial charge in [0.2, 0.25) is 17.8 Å². The molecule has 0 unspecified atom stereocenters. The Balaban J connectivity index is 0.000000140. The maximum atomic E-state index is 5.28. The summed E-state index contributed by atoms with van der Waals surface area (Å²) < 4.78 is 9.00. The van der Waals surface area contributed by atoms with E-state index in [-0.39, 0.29) is 0 Å². The second kappa shape index (κ2) is 26.9. The highest BCUT2D eigenvalue weighted by Gasteiger charge is 2.26. The van der Waals surface area contributed by atoms with E-state index in [0.29, 0.717) is 41.1 Å². The number of benzene rings is 17. The molecule has 0 aliphatic rings. The SMILES string of the molecule is c1ccc(-c2cc(-c3ccccc3)nc(-n3c4cccc5ccc6c(-c7ccc8c(c7)c7ccccc7n8-c7nc(-c8ccccc8)nc(-c8ccccc8)n7)ccc3c6c54)n2)cc1.c1ccc(-c2nc(-c3ccccc3)nc(-n3c4ccccc4c4cc(-c5ccc6c7c5ccc5cccc(c57)n6-c5ccccc5)ccc43)n2)cc1. The quantitative estimate of drug-likeness (QED) is 0.111. The van der Waals surface area contributed by atoms with E-state index in [1.54, 1.807) is 0 Å². The van der Waals surface area contributed by atoms with Gasteiger partial charge in [0.1, 0.15) is 0 Å². The molecule has 0 radical (unpaired) electrons. The lowest BCUT2D eigenvalue weighted by Gasteiger charge is -2.12. The molecule has 12 heteroatoms. The summed E-state index contributed by atoms with van der Waals surface area (Å²) in [5.41, 5.74) is 22.1. The van der Waals surface area contributed by atoms with Crippen LogP contribution in [0.25, 0.3) is 223 Å². The van der Waals surface area contributed by atoms with Crippen LogP contribution in [0.15, 0.2) is 388 Å². The molecule has 0 amide bonds. The van der Waals surface area contributed by atoms with Gasteiger partial charge in [-0.3, -0.25) is 13.7 Å². The first-order valence-corrected chi connectivity index (χ1v) is 39.0. The van der Waals surface area contributed by atoms with Crippen molar-refractivity contribution >= 4 is 109 Å². The van der Waals surface area contributed by atoms with Crippen LogP contribution >= 0.6 is 0 Å². The number of rotatable bonds is 12. The third-order valence-electron chi connectivity index (χ3n) is 22.7. The maximum absolute atomic E-state index is 5.28. The number of hydrogen-bond donors (Lipinski definition) is 0. The monoisotopic (exact) mass is 1480 g/mol. The number of para-hydroxylation sites is 3. The van der Waals surface area contributed by atoms with E-state index in [1.807, 2.05) is 133 Å². The molecule has 7 heterocycles. The van der Waals surface area contributed by atoms with Crippen LogP contribution in [0, 0.1) is 0 Å². The zero-order valence-electron chi connectivity index (χ0n) is 62.3. The van der Waals surface area contributed by atoms with Crippen LogP contribution in [0.5, 0.6) is 0 Å². The molecule has 0 aliphatic heterocycles. The topological polar surface area (TPSA) is 123 Å². The average molecular weight is 1480 g/mol. The molecule has 7 aromatic heterocycles. The van der Waals surface area contributed by atoms with Crippen LogP contribution in [-0.2, 0) is 0 Å². The normalized spacial score (nSPS) is 11.8. The van der Waals surface area contributed by atoms with E-state index in [2.05, 4.69) is 273 Å². The number of aromatic nitrogens is 12. The Hall–Kier alpha value is -15.9. The van der Waals surface area contributed by atoms with Gasteiger partial charge < -0.3 is 4.57 Å².